The van der Waals surface area contributed by atoms with Gasteiger partial charge < -0.3 is 15.1 Å². The van der Waals surface area contributed by atoms with E-state index in [1.54, 1.807) is 12.1 Å². The summed E-state index contributed by atoms with van der Waals surface area (Å²) in [7, 11) is 0. The maximum absolute atomic E-state index is 12.7. The van der Waals surface area contributed by atoms with Gasteiger partial charge in [0.15, 0.2) is 0 Å². The summed E-state index contributed by atoms with van der Waals surface area (Å²) in [6.45, 7) is 9.43. The van der Waals surface area contributed by atoms with Gasteiger partial charge in [-0.1, -0.05) is 31.5 Å². The highest BCUT2D eigenvalue weighted by molar-refractivity contribution is 5.94. The summed E-state index contributed by atoms with van der Waals surface area (Å²) >= 11 is 0. The molecule has 1 aliphatic heterocycles. The molecular formula is C22H28N4O3. The summed E-state index contributed by atoms with van der Waals surface area (Å²) < 4.78 is 0. The zero-order valence-electron chi connectivity index (χ0n) is 17.2. The minimum atomic E-state index is -0.357. The first-order valence-electron chi connectivity index (χ1n) is 9.98. The first-order chi connectivity index (χ1) is 13.8. The number of nitrogens with one attached hydrogen (secondary N) is 1. The summed E-state index contributed by atoms with van der Waals surface area (Å²) in [6, 6.07) is 12.8. The maximum Gasteiger partial charge on any atom is 0.292 e. The quantitative estimate of drug-likeness (QED) is 0.591. The zero-order chi connectivity index (χ0) is 21.0. The van der Waals surface area contributed by atoms with Crippen LogP contribution >= 0.6 is 0 Å². The molecule has 0 bridgehead atoms. The average Bonchev–Trinajstić information content (AvgIpc) is 2.72. The molecule has 1 N–H and O–H groups in total. The molecule has 1 aliphatic rings. The molecular weight excluding hydrogens is 368 g/mol. The third-order valence-electron chi connectivity index (χ3n) is 5.11. The molecule has 0 saturated carbocycles. The van der Waals surface area contributed by atoms with E-state index in [4.69, 9.17) is 0 Å². The maximum atomic E-state index is 12.7. The van der Waals surface area contributed by atoms with Crippen molar-refractivity contribution >= 4 is 23.0 Å². The summed E-state index contributed by atoms with van der Waals surface area (Å²) in [5.41, 5.74) is 3.40. The van der Waals surface area contributed by atoms with Crippen LogP contribution in [-0.2, 0) is 0 Å². The average molecular weight is 396 g/mol. The van der Waals surface area contributed by atoms with Gasteiger partial charge in [-0.15, -0.1) is 0 Å². The lowest BCUT2D eigenvalue weighted by atomic mass is 10.1. The van der Waals surface area contributed by atoms with Crippen molar-refractivity contribution in [2.75, 3.05) is 42.9 Å². The minimum Gasteiger partial charge on any atom is -0.379 e. The molecule has 0 aromatic heterocycles. The van der Waals surface area contributed by atoms with Crippen molar-refractivity contribution in [3.05, 3.63) is 63.7 Å². The molecule has 0 unspecified atom stereocenters. The van der Waals surface area contributed by atoms with E-state index in [2.05, 4.69) is 24.1 Å². The number of hydrogen-bond donors (Lipinski definition) is 1. The Labute approximate surface area is 171 Å². The first-order valence-corrected chi connectivity index (χ1v) is 9.98. The lowest BCUT2D eigenvalue weighted by Gasteiger charge is -2.36. The van der Waals surface area contributed by atoms with E-state index >= 15 is 0 Å². The fourth-order valence-electron chi connectivity index (χ4n) is 3.38. The number of amides is 1. The van der Waals surface area contributed by atoms with E-state index in [1.807, 2.05) is 42.2 Å². The Bertz CT molecular complexity index is 872. The second-order valence-electron chi connectivity index (χ2n) is 7.88. The van der Waals surface area contributed by atoms with Crippen LogP contribution in [0.15, 0.2) is 42.5 Å². The van der Waals surface area contributed by atoms with Crippen molar-refractivity contribution in [2.24, 2.45) is 5.92 Å². The third kappa shape index (κ3) is 5.04. The normalized spacial score (nSPS) is 14.2. The molecule has 1 heterocycles. The highest BCUT2D eigenvalue weighted by atomic mass is 16.6. The summed E-state index contributed by atoms with van der Waals surface area (Å²) in [5.74, 6) is 0.433. The fraction of sp³-hybridized carbons (Fsp3) is 0.409. The highest BCUT2D eigenvalue weighted by Gasteiger charge is 2.24. The standard InChI is InChI=1S/C22H28N4O3/c1-16(2)15-23-20-14-19(8-9-21(20)26(28)29)24-10-12-25(13-11-24)22(27)18-6-4-17(3)5-7-18/h4-9,14,16,23H,10-13,15H2,1-3H3. The molecule has 0 atom stereocenters. The van der Waals surface area contributed by atoms with E-state index in [0.29, 0.717) is 49.9 Å². The summed E-state index contributed by atoms with van der Waals surface area (Å²) in [5, 5.41) is 14.5. The van der Waals surface area contributed by atoms with Gasteiger partial charge in [0.25, 0.3) is 11.6 Å². The lowest BCUT2D eigenvalue weighted by molar-refractivity contribution is -0.383. The minimum absolute atomic E-state index is 0.0487. The Morgan fingerprint density at radius 1 is 1.10 bits per heavy atom. The van der Waals surface area contributed by atoms with Gasteiger partial charge in [-0.2, -0.15) is 0 Å². The van der Waals surface area contributed by atoms with Crippen molar-refractivity contribution in [2.45, 2.75) is 20.8 Å². The number of anilines is 2. The van der Waals surface area contributed by atoms with Crippen molar-refractivity contribution < 1.29 is 9.72 Å². The number of piperazine rings is 1. The van der Waals surface area contributed by atoms with E-state index in [0.717, 1.165) is 11.3 Å². The number of nitro benzene ring substituents is 1. The highest BCUT2D eigenvalue weighted by Crippen LogP contribution is 2.30. The Morgan fingerprint density at radius 3 is 2.34 bits per heavy atom. The van der Waals surface area contributed by atoms with Crippen LogP contribution in [0.2, 0.25) is 0 Å². The summed E-state index contributed by atoms with van der Waals surface area (Å²) in [6.07, 6.45) is 0. The van der Waals surface area contributed by atoms with Crippen LogP contribution in [-0.4, -0.2) is 48.5 Å². The summed E-state index contributed by atoms with van der Waals surface area (Å²) in [4.78, 5) is 27.7. The smallest absolute Gasteiger partial charge is 0.292 e. The molecule has 1 saturated heterocycles. The van der Waals surface area contributed by atoms with Gasteiger partial charge in [0, 0.05) is 50.0 Å². The number of aryl methyl sites for hydroxylation is 1. The van der Waals surface area contributed by atoms with E-state index < -0.39 is 0 Å². The number of nitrogens with zero attached hydrogens (tertiary/aromatic N) is 3. The predicted molar refractivity (Wildman–Crippen MR) is 116 cm³/mol. The second kappa shape index (κ2) is 8.94. The van der Waals surface area contributed by atoms with Crippen molar-refractivity contribution in [1.29, 1.82) is 0 Å². The second-order valence-corrected chi connectivity index (χ2v) is 7.88. The molecule has 29 heavy (non-hydrogen) atoms. The van der Waals surface area contributed by atoms with Gasteiger partial charge in [0.05, 0.1) is 4.92 Å². The molecule has 0 aliphatic carbocycles. The fourth-order valence-corrected chi connectivity index (χ4v) is 3.38. The topological polar surface area (TPSA) is 78.7 Å². The number of benzene rings is 2. The van der Waals surface area contributed by atoms with Gasteiger partial charge >= 0.3 is 0 Å². The molecule has 1 fully saturated rings. The van der Waals surface area contributed by atoms with Crippen LogP contribution in [0, 0.1) is 23.0 Å². The SMILES string of the molecule is Cc1ccc(C(=O)N2CCN(c3ccc([N+](=O)[O-])c(NCC(C)C)c3)CC2)cc1. The zero-order valence-corrected chi connectivity index (χ0v) is 17.2. The van der Waals surface area contributed by atoms with Gasteiger partial charge in [-0.3, -0.25) is 14.9 Å². The molecule has 1 amide bonds. The first kappa shape index (κ1) is 20.6. The Morgan fingerprint density at radius 2 is 1.76 bits per heavy atom. The van der Waals surface area contributed by atoms with Crippen LogP contribution in [0.4, 0.5) is 17.1 Å². The number of hydrogen-bond acceptors (Lipinski definition) is 5. The van der Waals surface area contributed by atoms with Crippen LogP contribution in [0.5, 0.6) is 0 Å². The number of carbonyl (C=O) groups is 1. The van der Waals surface area contributed by atoms with E-state index in [9.17, 15) is 14.9 Å². The number of carbonyl (C=O) groups excluding carboxylic acids is 1. The Hall–Kier alpha value is -3.09. The molecule has 154 valence electrons. The van der Waals surface area contributed by atoms with Gasteiger partial charge in [0.1, 0.15) is 5.69 Å². The Balaban J connectivity index is 1.68. The van der Waals surface area contributed by atoms with Crippen LogP contribution in [0.1, 0.15) is 29.8 Å². The Kier molecular flexibility index (Phi) is 6.36. The van der Waals surface area contributed by atoms with Crippen molar-refractivity contribution in [3.63, 3.8) is 0 Å². The molecule has 0 radical (unpaired) electrons. The molecule has 2 aromatic rings. The monoisotopic (exact) mass is 396 g/mol. The van der Waals surface area contributed by atoms with Gasteiger partial charge in [-0.05, 0) is 37.1 Å². The van der Waals surface area contributed by atoms with Crippen molar-refractivity contribution in [3.8, 4) is 0 Å². The third-order valence-corrected chi connectivity index (χ3v) is 5.11. The number of rotatable bonds is 6. The van der Waals surface area contributed by atoms with E-state index in [-0.39, 0.29) is 16.5 Å². The largest absolute Gasteiger partial charge is 0.379 e. The molecule has 7 nitrogen and oxygen atoms in total. The van der Waals surface area contributed by atoms with Gasteiger partial charge in [-0.25, -0.2) is 0 Å². The molecule has 3 rings (SSSR count). The molecule has 7 heteroatoms. The van der Waals surface area contributed by atoms with Crippen LogP contribution in [0.25, 0.3) is 0 Å². The van der Waals surface area contributed by atoms with Crippen LogP contribution < -0.4 is 10.2 Å². The number of nitro groups is 1. The molecule has 0 spiro atoms. The molecule has 2 aromatic carbocycles. The van der Waals surface area contributed by atoms with Crippen molar-refractivity contribution in [1.82, 2.24) is 4.90 Å². The predicted octanol–water partition coefficient (Wildman–Crippen LogP) is 3.93. The van der Waals surface area contributed by atoms with E-state index in [1.165, 1.54) is 0 Å². The lowest BCUT2D eigenvalue weighted by Crippen LogP contribution is -2.48. The van der Waals surface area contributed by atoms with Crippen LogP contribution in [0.3, 0.4) is 0 Å². The van der Waals surface area contributed by atoms with Gasteiger partial charge in [0.2, 0.25) is 0 Å².